The first-order chi connectivity index (χ1) is 7.73. The molecular weight excluding hydrogens is 240 g/mol. The van der Waals surface area contributed by atoms with Crippen LogP contribution in [0.25, 0.3) is 0 Å². The van der Waals surface area contributed by atoms with E-state index < -0.39 is 5.60 Å². The van der Waals surface area contributed by atoms with Crippen molar-refractivity contribution in [3.05, 3.63) is 0 Å². The van der Waals surface area contributed by atoms with Crippen LogP contribution in [0.15, 0.2) is 0 Å². The Balaban J connectivity index is 0.00000108. The van der Waals surface area contributed by atoms with Gasteiger partial charge < -0.3 is 15.2 Å². The van der Waals surface area contributed by atoms with E-state index in [1.807, 2.05) is 0 Å². The fraction of sp³-hybridized carbons (Fsp3) is 1.00. The van der Waals surface area contributed by atoms with Gasteiger partial charge in [0.2, 0.25) is 0 Å². The van der Waals surface area contributed by atoms with E-state index in [0.29, 0.717) is 12.1 Å². The maximum Gasteiger partial charge on any atom is 0.0803 e. The van der Waals surface area contributed by atoms with E-state index in [0.717, 1.165) is 45.7 Å². The van der Waals surface area contributed by atoms with Gasteiger partial charge in [-0.05, 0) is 25.7 Å². The first-order valence-electron chi connectivity index (χ1n) is 6.52. The normalized spacial score (nSPS) is 42.2. The zero-order valence-electron chi connectivity index (χ0n) is 10.2. The summed E-state index contributed by atoms with van der Waals surface area (Å²) in [7, 11) is 0. The second kappa shape index (κ2) is 5.41. The predicted octanol–water partition coefficient (Wildman–Crippen LogP) is 0.386. The first-order valence-corrected chi connectivity index (χ1v) is 6.52. The van der Waals surface area contributed by atoms with E-state index >= 15 is 0 Å². The molecule has 0 spiro atoms. The molecule has 3 saturated heterocycles. The minimum atomic E-state index is -0.450. The number of fused-ring (bicyclic) bond motifs is 2. The average Bonchev–Trinajstić information content (AvgIpc) is 2.59. The summed E-state index contributed by atoms with van der Waals surface area (Å²) in [5.41, 5.74) is -0.450. The molecule has 2 bridgehead atoms. The zero-order chi connectivity index (χ0) is 11.0. The Labute approximate surface area is 109 Å². The Kier molecular flexibility index (Phi) is 4.31. The summed E-state index contributed by atoms with van der Waals surface area (Å²) in [6.45, 7) is 4.43. The van der Waals surface area contributed by atoms with Crippen molar-refractivity contribution >= 4 is 12.4 Å². The molecule has 3 aliphatic heterocycles. The highest BCUT2D eigenvalue weighted by atomic mass is 35.5. The number of ether oxygens (including phenoxy) is 1. The van der Waals surface area contributed by atoms with E-state index in [-0.39, 0.29) is 12.4 Å². The van der Waals surface area contributed by atoms with Crippen LogP contribution in [0.5, 0.6) is 0 Å². The third-order valence-electron chi connectivity index (χ3n) is 4.21. The molecule has 3 aliphatic rings. The fourth-order valence-electron chi connectivity index (χ4n) is 3.53. The van der Waals surface area contributed by atoms with Crippen molar-refractivity contribution in [2.75, 3.05) is 32.8 Å². The largest absolute Gasteiger partial charge is 0.388 e. The lowest BCUT2D eigenvalue weighted by molar-refractivity contribution is -0.0565. The number of piperidine rings is 1. The van der Waals surface area contributed by atoms with E-state index in [1.165, 1.54) is 12.8 Å². The molecule has 0 aromatic carbocycles. The number of aliphatic hydroxyl groups is 1. The van der Waals surface area contributed by atoms with Crippen LogP contribution < -0.4 is 5.32 Å². The van der Waals surface area contributed by atoms with E-state index in [1.54, 1.807) is 0 Å². The Bertz CT molecular complexity index is 247. The summed E-state index contributed by atoms with van der Waals surface area (Å²) < 4.78 is 5.34. The molecule has 2 N–H and O–H groups in total. The molecule has 100 valence electrons. The van der Waals surface area contributed by atoms with Gasteiger partial charge in [0.15, 0.2) is 0 Å². The van der Waals surface area contributed by atoms with Gasteiger partial charge in [0.05, 0.1) is 18.8 Å². The van der Waals surface area contributed by atoms with Crippen LogP contribution in [0.3, 0.4) is 0 Å². The highest BCUT2D eigenvalue weighted by molar-refractivity contribution is 5.85. The number of β-amino-alcohol motifs (C(OH)–C–C–N with tert-alkyl or cyclic N) is 1. The van der Waals surface area contributed by atoms with Crippen LogP contribution >= 0.6 is 12.4 Å². The molecular formula is C12H23ClN2O2. The lowest BCUT2D eigenvalue weighted by atomic mass is 9.87. The van der Waals surface area contributed by atoms with Crippen LogP contribution in [0.2, 0.25) is 0 Å². The summed E-state index contributed by atoms with van der Waals surface area (Å²) in [6, 6.07) is 1.12. The molecule has 4 nitrogen and oxygen atoms in total. The molecule has 5 heteroatoms. The van der Waals surface area contributed by atoms with E-state index in [2.05, 4.69) is 10.2 Å². The van der Waals surface area contributed by atoms with E-state index in [9.17, 15) is 5.11 Å². The monoisotopic (exact) mass is 262 g/mol. The standard InChI is InChI=1S/C12H22N2O2.ClH/c15-12(9-14-3-5-16-6-4-14)7-10-1-2-11(8-12)13-10;/h10-11,13,15H,1-9H2;1H. The highest BCUT2D eigenvalue weighted by Gasteiger charge is 2.43. The molecule has 0 aromatic heterocycles. The molecule has 17 heavy (non-hydrogen) atoms. The fourth-order valence-corrected chi connectivity index (χ4v) is 3.53. The number of morpholine rings is 1. The van der Waals surface area contributed by atoms with Crippen molar-refractivity contribution in [2.24, 2.45) is 0 Å². The van der Waals surface area contributed by atoms with Crippen molar-refractivity contribution in [1.82, 2.24) is 10.2 Å². The molecule has 0 amide bonds. The number of nitrogens with one attached hydrogen (secondary N) is 1. The summed E-state index contributed by atoms with van der Waals surface area (Å²) in [5.74, 6) is 0. The molecule has 2 unspecified atom stereocenters. The van der Waals surface area contributed by atoms with Crippen molar-refractivity contribution in [2.45, 2.75) is 43.4 Å². The van der Waals surface area contributed by atoms with Crippen molar-refractivity contribution in [3.8, 4) is 0 Å². The van der Waals surface area contributed by atoms with Crippen molar-refractivity contribution in [3.63, 3.8) is 0 Å². The van der Waals surface area contributed by atoms with Gasteiger partial charge in [-0.3, -0.25) is 4.90 Å². The molecule has 0 radical (unpaired) electrons. The average molecular weight is 263 g/mol. The van der Waals surface area contributed by atoms with Crippen LogP contribution in [0, 0.1) is 0 Å². The Morgan fingerprint density at radius 2 is 1.76 bits per heavy atom. The van der Waals surface area contributed by atoms with Crippen molar-refractivity contribution < 1.29 is 9.84 Å². The molecule has 0 aliphatic carbocycles. The maximum atomic E-state index is 10.7. The number of nitrogens with zero attached hydrogens (tertiary/aromatic N) is 1. The minimum absolute atomic E-state index is 0. The zero-order valence-corrected chi connectivity index (χ0v) is 11.0. The Morgan fingerprint density at radius 3 is 2.35 bits per heavy atom. The molecule has 0 aromatic rings. The topological polar surface area (TPSA) is 44.7 Å². The number of halogens is 1. The molecule has 2 atom stereocenters. The van der Waals surface area contributed by atoms with Gasteiger partial charge in [-0.1, -0.05) is 0 Å². The summed E-state index contributed by atoms with van der Waals surface area (Å²) in [5, 5.41) is 14.3. The highest BCUT2D eigenvalue weighted by Crippen LogP contribution is 2.34. The lowest BCUT2D eigenvalue weighted by Crippen LogP contribution is -2.55. The van der Waals surface area contributed by atoms with Crippen LogP contribution in [-0.2, 0) is 4.74 Å². The van der Waals surface area contributed by atoms with E-state index in [4.69, 9.17) is 4.74 Å². The summed E-state index contributed by atoms with van der Waals surface area (Å²) in [6.07, 6.45) is 4.36. The quantitative estimate of drug-likeness (QED) is 0.756. The summed E-state index contributed by atoms with van der Waals surface area (Å²) in [4.78, 5) is 2.36. The third kappa shape index (κ3) is 3.12. The van der Waals surface area contributed by atoms with Gasteiger partial charge in [0, 0.05) is 31.7 Å². The van der Waals surface area contributed by atoms with Gasteiger partial charge in [-0.2, -0.15) is 0 Å². The first kappa shape index (κ1) is 13.6. The van der Waals surface area contributed by atoms with Crippen LogP contribution in [0.4, 0.5) is 0 Å². The molecule has 3 fully saturated rings. The van der Waals surface area contributed by atoms with Gasteiger partial charge in [-0.25, -0.2) is 0 Å². The smallest absolute Gasteiger partial charge is 0.0803 e. The Morgan fingerprint density at radius 1 is 1.18 bits per heavy atom. The lowest BCUT2D eigenvalue weighted by Gasteiger charge is -2.41. The third-order valence-corrected chi connectivity index (χ3v) is 4.21. The predicted molar refractivity (Wildman–Crippen MR) is 68.6 cm³/mol. The second-order valence-electron chi connectivity index (χ2n) is 5.66. The molecule has 0 saturated carbocycles. The van der Waals surface area contributed by atoms with Gasteiger partial charge >= 0.3 is 0 Å². The summed E-state index contributed by atoms with van der Waals surface area (Å²) >= 11 is 0. The Hall–Kier alpha value is 0.130. The second-order valence-corrected chi connectivity index (χ2v) is 5.66. The minimum Gasteiger partial charge on any atom is -0.388 e. The number of hydrogen-bond acceptors (Lipinski definition) is 4. The maximum absolute atomic E-state index is 10.7. The molecule has 3 heterocycles. The van der Waals surface area contributed by atoms with Crippen LogP contribution in [-0.4, -0.2) is 60.5 Å². The van der Waals surface area contributed by atoms with Gasteiger partial charge in [0.1, 0.15) is 0 Å². The molecule has 3 rings (SSSR count). The number of rotatable bonds is 2. The number of hydrogen-bond donors (Lipinski definition) is 2. The van der Waals surface area contributed by atoms with Crippen molar-refractivity contribution in [1.29, 1.82) is 0 Å². The SMILES string of the molecule is Cl.OC1(CN2CCOCC2)CC2CCC(C1)N2. The van der Waals surface area contributed by atoms with Crippen LogP contribution in [0.1, 0.15) is 25.7 Å². The van der Waals surface area contributed by atoms with Gasteiger partial charge in [0.25, 0.3) is 0 Å². The van der Waals surface area contributed by atoms with Gasteiger partial charge in [-0.15, -0.1) is 12.4 Å².